The van der Waals surface area contributed by atoms with E-state index >= 15 is 0 Å². The van der Waals surface area contributed by atoms with Gasteiger partial charge in [0.25, 0.3) is 0 Å². The summed E-state index contributed by atoms with van der Waals surface area (Å²) >= 11 is 0. The van der Waals surface area contributed by atoms with E-state index in [1.165, 1.54) is 22.3 Å². The van der Waals surface area contributed by atoms with Gasteiger partial charge in [-0.2, -0.15) is 0 Å². The van der Waals surface area contributed by atoms with Crippen LogP contribution in [0.3, 0.4) is 0 Å². The summed E-state index contributed by atoms with van der Waals surface area (Å²) in [5, 5.41) is 4.52. The number of rotatable bonds is 4. The summed E-state index contributed by atoms with van der Waals surface area (Å²) in [5.41, 5.74) is 12.0. The molecule has 0 aliphatic heterocycles. The molecule has 7 aromatic carbocycles. The standard InChI is InChI=1S/C46H31N3O/c1-46(2)39-17-8-6-15-35(39)36-23-21-33(27-40(36)46)45-48-43(28-11-4-3-5-12-28)47-44(49-45)32-14-10-13-29(26-32)30-19-22-34-31(25-30)20-24-38-37-16-7-9-18-41(37)50-42(34)38/h3-27H,1-2H3. The number of para-hydroxylation sites is 1. The predicted octanol–water partition coefficient (Wildman–Crippen LogP) is 11.9. The van der Waals surface area contributed by atoms with Crippen LogP contribution in [0.25, 0.3) is 89.1 Å². The van der Waals surface area contributed by atoms with E-state index in [-0.39, 0.29) is 5.41 Å². The van der Waals surface area contributed by atoms with Crippen molar-refractivity contribution in [3.63, 3.8) is 0 Å². The number of fused-ring (bicyclic) bond motifs is 8. The van der Waals surface area contributed by atoms with Crippen LogP contribution < -0.4 is 0 Å². The summed E-state index contributed by atoms with van der Waals surface area (Å²) in [4.78, 5) is 15.2. The summed E-state index contributed by atoms with van der Waals surface area (Å²) in [7, 11) is 0. The lowest BCUT2D eigenvalue weighted by Crippen LogP contribution is -2.15. The highest BCUT2D eigenvalue weighted by Crippen LogP contribution is 2.49. The molecule has 1 aliphatic rings. The molecule has 50 heavy (non-hydrogen) atoms. The van der Waals surface area contributed by atoms with Crippen molar-refractivity contribution in [1.29, 1.82) is 0 Å². The van der Waals surface area contributed by atoms with Gasteiger partial charge in [0.15, 0.2) is 17.5 Å². The maximum absolute atomic E-state index is 6.31. The SMILES string of the molecule is CC1(C)c2ccccc2-c2ccc(-c3nc(-c4ccccc4)nc(-c4cccc(-c5ccc6c(ccc7c8ccccc8oc67)c5)c4)n3)cc21. The Labute approximate surface area is 289 Å². The Morgan fingerprint density at radius 1 is 0.420 bits per heavy atom. The van der Waals surface area contributed by atoms with Crippen LogP contribution in [0, 0.1) is 0 Å². The molecule has 2 heterocycles. The zero-order valence-corrected chi connectivity index (χ0v) is 27.7. The summed E-state index contributed by atoms with van der Waals surface area (Å²) in [6.45, 7) is 4.60. The topological polar surface area (TPSA) is 51.8 Å². The van der Waals surface area contributed by atoms with Gasteiger partial charge in [-0.15, -0.1) is 0 Å². The normalized spacial score (nSPS) is 13.2. The van der Waals surface area contributed by atoms with Gasteiger partial charge in [0.2, 0.25) is 0 Å². The van der Waals surface area contributed by atoms with Crippen molar-refractivity contribution in [2.24, 2.45) is 0 Å². The molecule has 0 atom stereocenters. The lowest BCUT2D eigenvalue weighted by Gasteiger charge is -2.21. The van der Waals surface area contributed by atoms with Gasteiger partial charge < -0.3 is 4.42 Å². The Balaban J connectivity index is 1.08. The van der Waals surface area contributed by atoms with Crippen LogP contribution in [-0.2, 0) is 5.41 Å². The van der Waals surface area contributed by atoms with Gasteiger partial charge in [-0.1, -0.05) is 129 Å². The average Bonchev–Trinajstić information content (AvgIpc) is 3.67. The average molecular weight is 642 g/mol. The van der Waals surface area contributed by atoms with Crippen LogP contribution in [0.4, 0.5) is 0 Å². The van der Waals surface area contributed by atoms with Crippen molar-refractivity contribution >= 4 is 32.7 Å². The van der Waals surface area contributed by atoms with Crippen molar-refractivity contribution in [2.45, 2.75) is 19.3 Å². The van der Waals surface area contributed by atoms with Crippen molar-refractivity contribution < 1.29 is 4.42 Å². The molecular formula is C46H31N3O. The van der Waals surface area contributed by atoms with Crippen LogP contribution >= 0.6 is 0 Å². The molecule has 4 nitrogen and oxygen atoms in total. The fourth-order valence-corrected chi connectivity index (χ4v) is 7.72. The highest BCUT2D eigenvalue weighted by atomic mass is 16.3. The van der Waals surface area contributed by atoms with Crippen LogP contribution in [0.1, 0.15) is 25.0 Å². The zero-order chi connectivity index (χ0) is 33.4. The van der Waals surface area contributed by atoms with Crippen molar-refractivity contribution in [3.05, 3.63) is 163 Å². The fraction of sp³-hybridized carbons (Fsp3) is 0.0652. The Morgan fingerprint density at radius 3 is 1.90 bits per heavy atom. The second kappa shape index (κ2) is 10.8. The summed E-state index contributed by atoms with van der Waals surface area (Å²) < 4.78 is 6.31. The fourth-order valence-electron chi connectivity index (χ4n) is 7.72. The molecule has 2 aromatic heterocycles. The number of benzene rings is 7. The maximum atomic E-state index is 6.31. The molecule has 0 radical (unpaired) electrons. The van der Waals surface area contributed by atoms with E-state index in [1.807, 2.05) is 30.3 Å². The summed E-state index contributed by atoms with van der Waals surface area (Å²) in [6, 6.07) is 53.2. The van der Waals surface area contributed by atoms with Gasteiger partial charge in [-0.05, 0) is 75.2 Å². The van der Waals surface area contributed by atoms with Gasteiger partial charge in [-0.3, -0.25) is 0 Å². The van der Waals surface area contributed by atoms with Gasteiger partial charge in [0, 0.05) is 38.3 Å². The third-order valence-corrected chi connectivity index (χ3v) is 10.3. The van der Waals surface area contributed by atoms with E-state index in [1.54, 1.807) is 0 Å². The quantitative estimate of drug-likeness (QED) is 0.192. The van der Waals surface area contributed by atoms with Gasteiger partial charge in [0.1, 0.15) is 11.2 Å². The molecule has 4 heteroatoms. The van der Waals surface area contributed by atoms with Crippen molar-refractivity contribution in [2.75, 3.05) is 0 Å². The Bertz CT molecular complexity index is 2790. The molecule has 0 unspecified atom stereocenters. The van der Waals surface area contributed by atoms with Crippen LogP contribution in [0.5, 0.6) is 0 Å². The molecule has 0 spiro atoms. The Hall–Kier alpha value is -6.39. The Kier molecular flexibility index (Phi) is 6.19. The summed E-state index contributed by atoms with van der Waals surface area (Å²) in [5.74, 6) is 1.96. The van der Waals surface area contributed by atoms with Crippen LogP contribution in [0.15, 0.2) is 156 Å². The van der Waals surface area contributed by atoms with Gasteiger partial charge in [-0.25, -0.2) is 15.0 Å². The van der Waals surface area contributed by atoms with E-state index in [0.29, 0.717) is 17.5 Å². The van der Waals surface area contributed by atoms with E-state index in [4.69, 9.17) is 19.4 Å². The lowest BCUT2D eigenvalue weighted by atomic mass is 9.82. The van der Waals surface area contributed by atoms with Crippen molar-refractivity contribution in [1.82, 2.24) is 15.0 Å². The third kappa shape index (κ3) is 4.42. The first-order chi connectivity index (χ1) is 24.5. The largest absolute Gasteiger partial charge is 0.455 e. The van der Waals surface area contributed by atoms with Crippen molar-refractivity contribution in [3.8, 4) is 56.4 Å². The molecule has 236 valence electrons. The second-order valence-corrected chi connectivity index (χ2v) is 13.7. The van der Waals surface area contributed by atoms with Crippen LogP contribution in [0.2, 0.25) is 0 Å². The number of hydrogen-bond acceptors (Lipinski definition) is 4. The van der Waals surface area contributed by atoms with Crippen LogP contribution in [-0.4, -0.2) is 15.0 Å². The van der Waals surface area contributed by atoms with E-state index in [9.17, 15) is 0 Å². The molecule has 0 saturated heterocycles. The summed E-state index contributed by atoms with van der Waals surface area (Å²) in [6.07, 6.45) is 0. The maximum Gasteiger partial charge on any atom is 0.164 e. The number of furan rings is 1. The monoisotopic (exact) mass is 641 g/mol. The number of aromatic nitrogens is 3. The molecule has 0 saturated carbocycles. The zero-order valence-electron chi connectivity index (χ0n) is 27.7. The minimum Gasteiger partial charge on any atom is -0.455 e. The first-order valence-corrected chi connectivity index (χ1v) is 17.0. The van der Waals surface area contributed by atoms with Gasteiger partial charge >= 0.3 is 0 Å². The second-order valence-electron chi connectivity index (χ2n) is 13.7. The minimum atomic E-state index is -0.121. The molecule has 1 aliphatic carbocycles. The predicted molar refractivity (Wildman–Crippen MR) is 204 cm³/mol. The van der Waals surface area contributed by atoms with Gasteiger partial charge in [0.05, 0.1) is 0 Å². The van der Waals surface area contributed by atoms with E-state index in [0.717, 1.165) is 60.5 Å². The molecule has 0 bridgehead atoms. The molecule has 0 N–H and O–H groups in total. The lowest BCUT2D eigenvalue weighted by molar-refractivity contribution is 0.660. The molecule has 0 amide bonds. The highest BCUT2D eigenvalue weighted by Gasteiger charge is 2.35. The third-order valence-electron chi connectivity index (χ3n) is 10.3. The number of nitrogens with zero attached hydrogens (tertiary/aromatic N) is 3. The number of hydrogen-bond donors (Lipinski definition) is 0. The first-order valence-electron chi connectivity index (χ1n) is 17.0. The van der Waals surface area contributed by atoms with E-state index < -0.39 is 0 Å². The highest BCUT2D eigenvalue weighted by molar-refractivity contribution is 6.15. The molecule has 9 aromatic rings. The first kappa shape index (κ1) is 28.6. The van der Waals surface area contributed by atoms with E-state index in [2.05, 4.69) is 135 Å². The molecule has 0 fully saturated rings. The Morgan fingerprint density at radius 2 is 1.04 bits per heavy atom. The smallest absolute Gasteiger partial charge is 0.164 e. The molecule has 10 rings (SSSR count). The minimum absolute atomic E-state index is 0.121. The molecular weight excluding hydrogens is 611 g/mol.